The molecule has 2 N–H and O–H groups in total. The van der Waals surface area contributed by atoms with Crippen molar-refractivity contribution in [3.05, 3.63) is 112 Å². The molecule has 1 amide bonds. The number of ether oxygens (including phenoxy) is 1. The zero-order valence-corrected chi connectivity index (χ0v) is 32.6. The first-order chi connectivity index (χ1) is 25.8. The van der Waals surface area contributed by atoms with Crippen LogP contribution < -0.4 is 19.8 Å². The Balaban J connectivity index is 1.47. The summed E-state index contributed by atoms with van der Waals surface area (Å²) in [4.78, 5) is 31.2. The summed E-state index contributed by atoms with van der Waals surface area (Å²) < 4.78 is 27.9. The van der Waals surface area contributed by atoms with E-state index < -0.39 is 17.2 Å². The van der Waals surface area contributed by atoms with Crippen LogP contribution in [0.5, 0.6) is 11.5 Å². The van der Waals surface area contributed by atoms with Crippen molar-refractivity contribution < 1.29 is 17.9 Å². The van der Waals surface area contributed by atoms with Gasteiger partial charge in [-0.25, -0.2) is 4.21 Å². The van der Waals surface area contributed by atoms with Crippen LogP contribution in [0, 0.1) is 6.92 Å². The number of aromatic amines is 1. The number of aromatic nitrogens is 2. The molecule has 8 nitrogen and oxygen atoms in total. The Morgan fingerprint density at radius 3 is 2.25 bits per heavy atom. The second kappa shape index (κ2) is 20.0. The number of aryl methyl sites for hydroxylation is 3. The highest BCUT2D eigenvalue weighted by Crippen LogP contribution is 2.32. The Labute approximate surface area is 317 Å². The van der Waals surface area contributed by atoms with Gasteiger partial charge in [0.05, 0.1) is 0 Å². The number of hydrogen-bond acceptors (Lipinski definition) is 5. The lowest BCUT2D eigenvalue weighted by atomic mass is 10.00. The number of carbonyl (C=O) groups excluding carboxylic acids is 1. The molecule has 5 aromatic rings. The first kappa shape index (κ1) is 39.6. The van der Waals surface area contributed by atoms with Gasteiger partial charge >= 0.3 is 0 Å². The van der Waals surface area contributed by atoms with Crippen LogP contribution >= 0.6 is 0 Å². The van der Waals surface area contributed by atoms with E-state index in [1.165, 1.54) is 28.9 Å². The number of fused-ring (bicyclic) bond motifs is 1. The lowest BCUT2D eigenvalue weighted by Crippen LogP contribution is -2.34. The zero-order chi connectivity index (χ0) is 37.6. The van der Waals surface area contributed by atoms with Crippen LogP contribution in [-0.4, -0.2) is 25.6 Å². The summed E-state index contributed by atoms with van der Waals surface area (Å²) in [6, 6.07) is 24.5. The third-order valence-corrected chi connectivity index (χ3v) is 10.6. The molecule has 0 radical (unpaired) electrons. The number of nitrogens with zero attached hydrogens (tertiary/aromatic N) is 1. The molecule has 2 aromatic heterocycles. The van der Waals surface area contributed by atoms with Crippen molar-refractivity contribution in [3.63, 3.8) is 0 Å². The molecule has 5 rings (SSSR count). The van der Waals surface area contributed by atoms with Crippen molar-refractivity contribution in [1.82, 2.24) is 9.38 Å². The first-order valence-corrected chi connectivity index (χ1v) is 20.5. The molecule has 0 aliphatic rings. The molecule has 2 atom stereocenters. The lowest BCUT2D eigenvalue weighted by Gasteiger charge is -2.21. The predicted molar refractivity (Wildman–Crippen MR) is 216 cm³/mol. The van der Waals surface area contributed by atoms with E-state index in [9.17, 15) is 13.8 Å². The van der Waals surface area contributed by atoms with Gasteiger partial charge in [0, 0.05) is 17.8 Å². The molecule has 0 bridgehead atoms. The van der Waals surface area contributed by atoms with Crippen molar-refractivity contribution in [3.8, 4) is 22.6 Å². The highest BCUT2D eigenvalue weighted by Gasteiger charge is 2.25. The molecule has 0 spiro atoms. The molecular formula is C44H55N3O5S. The minimum atomic E-state index is -2.01. The summed E-state index contributed by atoms with van der Waals surface area (Å²) in [5, 5.41) is 2.95. The third-order valence-electron chi connectivity index (χ3n) is 9.54. The quantitative estimate of drug-likeness (QED) is 0.0730. The smallest absolute Gasteiger partial charge is 0.266 e. The van der Waals surface area contributed by atoms with Crippen LogP contribution in [0.25, 0.3) is 16.8 Å². The number of amides is 1. The number of unbranched alkanes of at least 4 members (excludes halogenated alkanes) is 7. The van der Waals surface area contributed by atoms with Crippen molar-refractivity contribution in [2.45, 2.75) is 122 Å². The lowest BCUT2D eigenvalue weighted by molar-refractivity contribution is -0.123. The molecule has 2 heterocycles. The van der Waals surface area contributed by atoms with Gasteiger partial charge < -0.3 is 19.2 Å². The van der Waals surface area contributed by atoms with Crippen LogP contribution in [0.1, 0.15) is 108 Å². The van der Waals surface area contributed by atoms with Gasteiger partial charge in [-0.05, 0) is 80.3 Å². The molecule has 282 valence electrons. The SMILES string of the molecule is CCCCCCC(Oc1ccc(CCCCC)cc1CCCCC)C(=O)Nc1cc(=O)n2cc(-c3ccccc3)c(S(=O)Oc3ccc(C)cc3)c2[nH]1. The topological polar surface area (TPSA) is 102 Å². The van der Waals surface area contributed by atoms with Crippen molar-refractivity contribution in [1.29, 1.82) is 0 Å². The monoisotopic (exact) mass is 737 g/mol. The van der Waals surface area contributed by atoms with Crippen molar-refractivity contribution >= 4 is 28.5 Å². The Bertz CT molecular complexity index is 2000. The number of carbonyl (C=O) groups is 1. The van der Waals surface area contributed by atoms with Crippen molar-refractivity contribution in [2.24, 2.45) is 0 Å². The molecule has 0 aliphatic heterocycles. The number of rotatable bonds is 21. The first-order valence-electron chi connectivity index (χ1n) is 19.4. The van der Waals surface area contributed by atoms with Crippen LogP contribution in [0.15, 0.2) is 94.7 Å². The molecule has 2 unspecified atom stereocenters. The van der Waals surface area contributed by atoms with Crippen LogP contribution in [0.4, 0.5) is 5.82 Å². The molecule has 0 fully saturated rings. The summed E-state index contributed by atoms with van der Waals surface area (Å²) in [5.41, 5.74) is 4.73. The van der Waals surface area contributed by atoms with E-state index in [0.29, 0.717) is 22.6 Å². The van der Waals surface area contributed by atoms with Crippen LogP contribution in [0.3, 0.4) is 0 Å². The zero-order valence-electron chi connectivity index (χ0n) is 31.7. The van der Waals surface area contributed by atoms with E-state index in [1.54, 1.807) is 18.3 Å². The van der Waals surface area contributed by atoms with Gasteiger partial charge in [0.2, 0.25) is 11.1 Å². The van der Waals surface area contributed by atoms with Crippen LogP contribution in [-0.2, 0) is 28.7 Å². The van der Waals surface area contributed by atoms with Gasteiger partial charge in [-0.1, -0.05) is 126 Å². The summed E-state index contributed by atoms with van der Waals surface area (Å²) in [6.07, 6.45) is 14.2. The Morgan fingerprint density at radius 1 is 0.830 bits per heavy atom. The third kappa shape index (κ3) is 10.9. The molecule has 0 aliphatic carbocycles. The maximum Gasteiger partial charge on any atom is 0.266 e. The van der Waals surface area contributed by atoms with Gasteiger partial charge in [0.15, 0.2) is 6.10 Å². The summed E-state index contributed by atoms with van der Waals surface area (Å²) in [7, 11) is 0. The maximum absolute atomic E-state index is 14.1. The van der Waals surface area contributed by atoms with E-state index in [2.05, 4.69) is 43.2 Å². The highest BCUT2D eigenvalue weighted by atomic mass is 32.2. The average molecular weight is 738 g/mol. The molecule has 0 saturated heterocycles. The normalized spacial score (nSPS) is 12.5. The Kier molecular flexibility index (Phi) is 14.9. The van der Waals surface area contributed by atoms with E-state index in [0.717, 1.165) is 86.6 Å². The summed E-state index contributed by atoms with van der Waals surface area (Å²) >= 11 is -2.01. The van der Waals surface area contributed by atoms with Gasteiger partial charge in [-0.15, -0.1) is 0 Å². The van der Waals surface area contributed by atoms with E-state index in [4.69, 9.17) is 8.92 Å². The van der Waals surface area contributed by atoms with E-state index >= 15 is 0 Å². The van der Waals surface area contributed by atoms with Crippen molar-refractivity contribution in [2.75, 3.05) is 5.32 Å². The second-order valence-corrected chi connectivity index (χ2v) is 15.0. The Morgan fingerprint density at radius 2 is 1.53 bits per heavy atom. The van der Waals surface area contributed by atoms with Crippen LogP contribution in [0.2, 0.25) is 0 Å². The number of H-pyrrole nitrogens is 1. The number of nitrogens with one attached hydrogen (secondary N) is 2. The molecule has 53 heavy (non-hydrogen) atoms. The molecular weight excluding hydrogens is 683 g/mol. The summed E-state index contributed by atoms with van der Waals surface area (Å²) in [5.74, 6) is 1.02. The summed E-state index contributed by atoms with van der Waals surface area (Å²) in [6.45, 7) is 8.55. The maximum atomic E-state index is 14.1. The second-order valence-electron chi connectivity index (χ2n) is 13.9. The van der Waals surface area contributed by atoms with Gasteiger partial charge in [-0.3, -0.25) is 14.0 Å². The fraction of sp³-hybridized carbons (Fsp3) is 0.409. The van der Waals surface area contributed by atoms with E-state index in [-0.39, 0.29) is 22.9 Å². The average Bonchev–Trinajstić information content (AvgIpc) is 3.55. The number of benzene rings is 3. The minimum Gasteiger partial charge on any atom is -0.480 e. The van der Waals surface area contributed by atoms with E-state index in [1.807, 2.05) is 55.5 Å². The molecule has 3 aromatic carbocycles. The molecule has 9 heteroatoms. The largest absolute Gasteiger partial charge is 0.480 e. The Hall–Kier alpha value is -4.63. The standard InChI is InChI=1S/C44H55N3O5S/c1-5-8-11-17-22-39(51-38-28-25-33(18-13-9-6-2)29-35(38)21-14-10-7-3)44(49)46-40-30-41(48)47-31-37(34-19-15-12-16-20-34)42(43(47)45-40)53(50)52-36-26-23-32(4)24-27-36/h12,15-16,19-20,23-31,39,45H,5-11,13-14,17-18,21-22H2,1-4H3,(H,46,49). The fourth-order valence-corrected chi connectivity index (χ4v) is 7.56. The fourth-order valence-electron chi connectivity index (χ4n) is 6.53. The van der Waals surface area contributed by atoms with Gasteiger partial charge in [-0.2, -0.15) is 0 Å². The van der Waals surface area contributed by atoms with Gasteiger partial charge in [0.25, 0.3) is 11.5 Å². The number of anilines is 1. The number of hydrogen-bond donors (Lipinski definition) is 2. The predicted octanol–water partition coefficient (Wildman–Crippen LogP) is 10.5. The van der Waals surface area contributed by atoms with Gasteiger partial charge in [0.1, 0.15) is 27.9 Å². The highest BCUT2D eigenvalue weighted by molar-refractivity contribution is 7.81. The molecule has 0 saturated carbocycles. The minimum absolute atomic E-state index is 0.190.